The molecular weight excluding hydrogens is 368 g/mol. The van der Waals surface area contributed by atoms with Crippen LogP contribution in [0.1, 0.15) is 26.3 Å². The van der Waals surface area contributed by atoms with Crippen molar-refractivity contribution in [2.75, 3.05) is 13.1 Å². The van der Waals surface area contributed by atoms with Crippen LogP contribution in [0, 0.1) is 5.82 Å². The molecule has 0 aliphatic carbocycles. The van der Waals surface area contributed by atoms with Gasteiger partial charge in [-0.15, -0.1) is 24.0 Å². The Bertz CT molecular complexity index is 484. The zero-order chi connectivity index (χ0) is 14.5. The van der Waals surface area contributed by atoms with Gasteiger partial charge in [0.1, 0.15) is 5.82 Å². The molecule has 3 N–H and O–H groups in total. The van der Waals surface area contributed by atoms with Gasteiger partial charge in [-0.1, -0.05) is 38.1 Å². The first-order valence-corrected chi connectivity index (χ1v) is 6.25. The van der Waals surface area contributed by atoms with Gasteiger partial charge in [0, 0.05) is 12.0 Å². The van der Waals surface area contributed by atoms with Gasteiger partial charge in [0.25, 0.3) is 0 Å². The smallest absolute Gasteiger partial charge is 0.188 e. The van der Waals surface area contributed by atoms with Crippen LogP contribution < -0.4 is 11.1 Å². The third kappa shape index (κ3) is 6.36. The van der Waals surface area contributed by atoms with Crippen LogP contribution in [-0.4, -0.2) is 19.0 Å². The van der Waals surface area contributed by atoms with Gasteiger partial charge in [-0.05, 0) is 24.6 Å². The topological polar surface area (TPSA) is 50.4 Å². The number of rotatable bonds is 5. The Morgan fingerprint density at radius 3 is 2.65 bits per heavy atom. The molecule has 0 heterocycles. The first kappa shape index (κ1) is 18.9. The maximum absolute atomic E-state index is 13.2. The predicted molar refractivity (Wildman–Crippen MR) is 94.1 cm³/mol. The molecule has 0 aromatic heterocycles. The van der Waals surface area contributed by atoms with Gasteiger partial charge < -0.3 is 11.1 Å². The second-order valence-corrected chi connectivity index (χ2v) is 5.41. The Hall–Kier alpha value is -1.11. The standard InChI is InChI=1S/C15H22FN3.HI/c1-11(2)9-18-14(17)19-10-15(3,4)12-6-5-7-13(16)8-12;/h5-8H,1,9-10H2,2-4H3,(H3,17,18,19);1H. The van der Waals surface area contributed by atoms with E-state index in [0.29, 0.717) is 19.0 Å². The largest absolute Gasteiger partial charge is 0.370 e. The fourth-order valence-electron chi connectivity index (χ4n) is 1.58. The fraction of sp³-hybridized carbons (Fsp3) is 0.400. The van der Waals surface area contributed by atoms with Gasteiger partial charge in [0.15, 0.2) is 5.96 Å². The van der Waals surface area contributed by atoms with Gasteiger partial charge in [-0.25, -0.2) is 4.39 Å². The molecule has 0 fully saturated rings. The number of halogens is 2. The molecule has 1 rings (SSSR count). The second kappa shape index (κ2) is 8.24. The van der Waals surface area contributed by atoms with Crippen molar-refractivity contribution in [1.82, 2.24) is 5.32 Å². The highest BCUT2D eigenvalue weighted by Crippen LogP contribution is 2.23. The molecule has 0 spiro atoms. The first-order valence-electron chi connectivity index (χ1n) is 6.25. The maximum atomic E-state index is 13.2. The van der Waals surface area contributed by atoms with Gasteiger partial charge >= 0.3 is 0 Å². The lowest BCUT2D eigenvalue weighted by Gasteiger charge is -2.23. The van der Waals surface area contributed by atoms with Crippen molar-refractivity contribution in [1.29, 1.82) is 0 Å². The molecule has 5 heteroatoms. The van der Waals surface area contributed by atoms with Crippen LogP contribution in [0.15, 0.2) is 41.4 Å². The first-order chi connectivity index (χ1) is 8.81. The Morgan fingerprint density at radius 1 is 1.45 bits per heavy atom. The highest BCUT2D eigenvalue weighted by atomic mass is 127. The van der Waals surface area contributed by atoms with Gasteiger partial charge in [0.2, 0.25) is 0 Å². The third-order valence-electron chi connectivity index (χ3n) is 2.82. The third-order valence-corrected chi connectivity index (χ3v) is 2.82. The molecule has 0 aliphatic heterocycles. The van der Waals surface area contributed by atoms with Crippen molar-refractivity contribution < 1.29 is 4.39 Å². The quantitative estimate of drug-likeness (QED) is 0.351. The van der Waals surface area contributed by atoms with Crippen molar-refractivity contribution in [3.63, 3.8) is 0 Å². The number of benzene rings is 1. The van der Waals surface area contributed by atoms with Gasteiger partial charge in [-0.3, -0.25) is 4.99 Å². The Kier molecular flexibility index (Phi) is 7.78. The van der Waals surface area contributed by atoms with Crippen LogP contribution in [0.5, 0.6) is 0 Å². The van der Waals surface area contributed by atoms with E-state index in [1.54, 1.807) is 6.07 Å². The summed E-state index contributed by atoms with van der Waals surface area (Å²) in [6.07, 6.45) is 0. The highest BCUT2D eigenvalue weighted by molar-refractivity contribution is 14.0. The molecule has 0 atom stereocenters. The van der Waals surface area contributed by atoms with Gasteiger partial charge in [0.05, 0.1) is 6.54 Å². The number of nitrogens with zero attached hydrogens (tertiary/aromatic N) is 1. The van der Waals surface area contributed by atoms with Crippen molar-refractivity contribution in [3.8, 4) is 0 Å². The highest BCUT2D eigenvalue weighted by Gasteiger charge is 2.20. The molecule has 0 bridgehead atoms. The SMILES string of the molecule is C=C(C)CNC(N)=NCC(C)(C)c1cccc(F)c1.I. The van der Waals surface area contributed by atoms with Crippen molar-refractivity contribution >= 4 is 29.9 Å². The monoisotopic (exact) mass is 391 g/mol. The molecule has 0 radical (unpaired) electrons. The van der Waals surface area contributed by atoms with E-state index in [0.717, 1.165) is 11.1 Å². The summed E-state index contributed by atoms with van der Waals surface area (Å²) in [4.78, 5) is 4.29. The van der Waals surface area contributed by atoms with E-state index in [9.17, 15) is 4.39 Å². The molecule has 0 saturated heterocycles. The molecular formula is C15H23FIN3. The molecule has 1 aromatic rings. The Balaban J connectivity index is 0.00000361. The molecule has 0 unspecified atom stereocenters. The summed E-state index contributed by atoms with van der Waals surface area (Å²) in [5.41, 5.74) is 7.39. The van der Waals surface area contributed by atoms with Crippen molar-refractivity contribution in [2.45, 2.75) is 26.2 Å². The lowest BCUT2D eigenvalue weighted by atomic mass is 9.85. The van der Waals surface area contributed by atoms with Crippen LogP contribution in [0.4, 0.5) is 4.39 Å². The number of aliphatic imine (C=N–C) groups is 1. The minimum Gasteiger partial charge on any atom is -0.370 e. The summed E-state index contributed by atoms with van der Waals surface area (Å²) in [5.74, 6) is 0.149. The van der Waals surface area contributed by atoms with E-state index in [-0.39, 0.29) is 35.2 Å². The summed E-state index contributed by atoms with van der Waals surface area (Å²) in [6.45, 7) is 10.8. The van der Waals surface area contributed by atoms with Crippen LogP contribution in [0.2, 0.25) is 0 Å². The normalized spacial score (nSPS) is 11.7. The minimum absolute atomic E-state index is 0. The van der Waals surface area contributed by atoms with Crippen LogP contribution >= 0.6 is 24.0 Å². The Morgan fingerprint density at radius 2 is 2.10 bits per heavy atom. The molecule has 112 valence electrons. The molecule has 0 amide bonds. The molecule has 0 saturated carbocycles. The summed E-state index contributed by atoms with van der Waals surface area (Å²) in [6, 6.07) is 6.58. The number of hydrogen-bond acceptors (Lipinski definition) is 1. The molecule has 20 heavy (non-hydrogen) atoms. The summed E-state index contributed by atoms with van der Waals surface area (Å²) in [5, 5.41) is 2.97. The lowest BCUT2D eigenvalue weighted by molar-refractivity contribution is 0.530. The summed E-state index contributed by atoms with van der Waals surface area (Å²) >= 11 is 0. The van der Waals surface area contributed by atoms with Crippen LogP contribution in [-0.2, 0) is 5.41 Å². The maximum Gasteiger partial charge on any atom is 0.188 e. The van der Waals surface area contributed by atoms with Crippen LogP contribution in [0.25, 0.3) is 0 Å². The second-order valence-electron chi connectivity index (χ2n) is 5.41. The molecule has 1 aromatic carbocycles. The number of nitrogens with one attached hydrogen (secondary N) is 1. The van der Waals surface area contributed by atoms with Gasteiger partial charge in [-0.2, -0.15) is 0 Å². The zero-order valence-corrected chi connectivity index (χ0v) is 14.6. The number of guanidine groups is 1. The van der Waals surface area contributed by atoms with E-state index >= 15 is 0 Å². The molecule has 0 aliphatic rings. The van der Waals surface area contributed by atoms with Crippen molar-refractivity contribution in [3.05, 3.63) is 47.8 Å². The van der Waals surface area contributed by atoms with Crippen LogP contribution in [0.3, 0.4) is 0 Å². The minimum atomic E-state index is -0.266. The predicted octanol–water partition coefficient (Wildman–Crippen LogP) is 3.20. The van der Waals surface area contributed by atoms with E-state index in [1.165, 1.54) is 12.1 Å². The summed E-state index contributed by atoms with van der Waals surface area (Å²) < 4.78 is 13.2. The van der Waals surface area contributed by atoms with E-state index < -0.39 is 0 Å². The fourth-order valence-corrected chi connectivity index (χ4v) is 1.58. The zero-order valence-electron chi connectivity index (χ0n) is 12.2. The average Bonchev–Trinajstić information content (AvgIpc) is 2.34. The lowest BCUT2D eigenvalue weighted by Crippen LogP contribution is -2.34. The van der Waals surface area contributed by atoms with E-state index in [1.807, 2.05) is 26.8 Å². The Labute approximate surface area is 137 Å². The number of hydrogen-bond donors (Lipinski definition) is 2. The van der Waals surface area contributed by atoms with E-state index in [2.05, 4.69) is 16.9 Å². The summed E-state index contributed by atoms with van der Waals surface area (Å²) in [7, 11) is 0. The average molecular weight is 391 g/mol. The van der Waals surface area contributed by atoms with Crippen molar-refractivity contribution in [2.24, 2.45) is 10.7 Å². The van der Waals surface area contributed by atoms with E-state index in [4.69, 9.17) is 5.73 Å². The number of nitrogens with two attached hydrogens (primary N) is 1. The molecule has 3 nitrogen and oxygen atoms in total.